The fraction of sp³-hybridized carbons (Fsp3) is 0.200. The molecule has 6 aromatic heterocycles. The second kappa shape index (κ2) is 14.1. The van der Waals surface area contributed by atoms with Crippen LogP contribution in [0.3, 0.4) is 0 Å². The minimum absolute atomic E-state index is 0.122. The van der Waals surface area contributed by atoms with Crippen molar-refractivity contribution in [1.82, 2.24) is 30.4 Å². The summed E-state index contributed by atoms with van der Waals surface area (Å²) in [4.78, 5) is 32.7. The number of pyridine rings is 2. The molecular weight excluding hydrogens is 590 g/mol. The molecule has 0 aliphatic heterocycles. The molecule has 9 nitrogen and oxygen atoms in total. The first-order valence-electron chi connectivity index (χ1n) is 13.1. The molecule has 0 aromatic carbocycles. The van der Waals surface area contributed by atoms with E-state index in [1.807, 2.05) is 49.4 Å². The Balaban J connectivity index is 0.000000165. The third-order valence-electron chi connectivity index (χ3n) is 6.03. The quantitative estimate of drug-likeness (QED) is 0.147. The van der Waals surface area contributed by atoms with Gasteiger partial charge in [-0.15, -0.1) is 22.7 Å². The van der Waals surface area contributed by atoms with Crippen LogP contribution in [-0.2, 0) is 12.8 Å². The van der Waals surface area contributed by atoms with Gasteiger partial charge in [0.1, 0.15) is 5.82 Å². The summed E-state index contributed by atoms with van der Waals surface area (Å²) < 4.78 is 0.807. The highest BCUT2D eigenvalue weighted by Crippen LogP contribution is 2.23. The Morgan fingerprint density at radius 3 is 1.95 bits per heavy atom. The number of nitrogen functional groups attached to an aromatic ring is 1. The molecule has 6 heterocycles. The molecule has 0 atom stereocenters. The topological polar surface area (TPSA) is 149 Å². The van der Waals surface area contributed by atoms with E-state index >= 15 is 0 Å². The Kier molecular flexibility index (Phi) is 10.3. The average Bonchev–Trinajstić information content (AvgIpc) is 3.76. The minimum atomic E-state index is -0.153. The van der Waals surface area contributed by atoms with Crippen LogP contribution in [0.15, 0.2) is 70.5 Å². The van der Waals surface area contributed by atoms with Crippen molar-refractivity contribution in [2.75, 3.05) is 5.73 Å². The van der Waals surface area contributed by atoms with Crippen LogP contribution in [0.25, 0.3) is 22.5 Å². The van der Waals surface area contributed by atoms with Crippen molar-refractivity contribution >= 4 is 40.1 Å². The zero-order valence-corrected chi connectivity index (χ0v) is 26.1. The molecule has 218 valence electrons. The number of aromatic nitrogens is 6. The van der Waals surface area contributed by atoms with E-state index in [0.29, 0.717) is 28.3 Å². The second-order valence-electron chi connectivity index (χ2n) is 9.69. The van der Waals surface area contributed by atoms with Gasteiger partial charge in [-0.2, -0.15) is 10.2 Å². The summed E-state index contributed by atoms with van der Waals surface area (Å²) in [5.41, 5.74) is 10.6. The number of hydrogen-bond donors (Lipinski definition) is 5. The highest BCUT2D eigenvalue weighted by Gasteiger charge is 2.09. The summed E-state index contributed by atoms with van der Waals surface area (Å²) in [6.45, 7) is 8.09. The molecule has 12 heteroatoms. The monoisotopic (exact) mass is 621 g/mol. The van der Waals surface area contributed by atoms with Gasteiger partial charge in [-0.1, -0.05) is 11.6 Å². The highest BCUT2D eigenvalue weighted by atomic mass is 35.5. The number of aromatic amines is 4. The Labute approximate surface area is 255 Å². The third kappa shape index (κ3) is 8.65. The van der Waals surface area contributed by atoms with E-state index in [4.69, 9.17) is 17.3 Å². The fourth-order valence-electron chi connectivity index (χ4n) is 3.98. The van der Waals surface area contributed by atoms with E-state index in [-0.39, 0.29) is 11.1 Å². The number of thiophene rings is 2. The Morgan fingerprint density at radius 2 is 1.40 bits per heavy atom. The highest BCUT2D eigenvalue weighted by molar-refractivity contribution is 7.16. The van der Waals surface area contributed by atoms with E-state index in [1.54, 1.807) is 35.9 Å². The molecule has 6 aromatic rings. The first kappa shape index (κ1) is 30.8. The number of nitrogens with one attached hydrogen (secondary N) is 4. The van der Waals surface area contributed by atoms with Crippen molar-refractivity contribution in [3.63, 3.8) is 0 Å². The molecule has 0 aliphatic carbocycles. The maximum Gasteiger partial charge on any atom is 0.257 e. The number of hydrogen-bond acceptors (Lipinski definition) is 7. The van der Waals surface area contributed by atoms with Gasteiger partial charge in [-0.3, -0.25) is 19.8 Å². The Hall–Kier alpha value is -4.19. The van der Waals surface area contributed by atoms with Gasteiger partial charge in [0.15, 0.2) is 0 Å². The summed E-state index contributed by atoms with van der Waals surface area (Å²) in [6.07, 6.45) is 5.10. The predicted molar refractivity (Wildman–Crippen MR) is 174 cm³/mol. The molecule has 0 radical (unpaired) electrons. The molecule has 0 aliphatic rings. The number of anilines is 1. The Bertz CT molecular complexity index is 1860. The molecule has 6 N–H and O–H groups in total. The molecule has 0 unspecified atom stereocenters. The van der Waals surface area contributed by atoms with E-state index in [0.717, 1.165) is 34.0 Å². The number of aryl methyl sites for hydroxylation is 6. The van der Waals surface area contributed by atoms with Crippen LogP contribution >= 0.6 is 34.3 Å². The lowest BCUT2D eigenvalue weighted by molar-refractivity contribution is 0.904. The molecular formula is C30H32ClN7O2S2. The zero-order chi connectivity index (χ0) is 30.2. The third-order valence-corrected chi connectivity index (χ3v) is 8.24. The normalized spacial score (nSPS) is 10.5. The smallest absolute Gasteiger partial charge is 0.257 e. The maximum atomic E-state index is 11.8. The van der Waals surface area contributed by atoms with Gasteiger partial charge in [0.05, 0.1) is 26.9 Å². The van der Waals surface area contributed by atoms with Crippen molar-refractivity contribution in [2.45, 2.75) is 40.5 Å². The van der Waals surface area contributed by atoms with Crippen LogP contribution in [0.1, 0.15) is 31.5 Å². The first-order chi connectivity index (χ1) is 20.1. The van der Waals surface area contributed by atoms with Crippen LogP contribution in [0.2, 0.25) is 4.34 Å². The van der Waals surface area contributed by atoms with Gasteiger partial charge < -0.3 is 15.7 Å². The molecule has 0 spiro atoms. The summed E-state index contributed by atoms with van der Waals surface area (Å²) in [7, 11) is 0. The molecule has 0 saturated carbocycles. The lowest BCUT2D eigenvalue weighted by Crippen LogP contribution is -2.08. The van der Waals surface area contributed by atoms with Gasteiger partial charge >= 0.3 is 0 Å². The number of nitrogens with zero attached hydrogens (tertiary/aromatic N) is 2. The molecule has 6 rings (SSSR count). The van der Waals surface area contributed by atoms with Crippen LogP contribution in [0, 0.1) is 27.7 Å². The number of H-pyrrole nitrogens is 4. The molecule has 0 saturated heterocycles. The maximum absolute atomic E-state index is 11.8. The van der Waals surface area contributed by atoms with E-state index in [2.05, 4.69) is 56.3 Å². The standard InChI is InChI=1S/C15H14ClN3OS.C9H10N4O.C6H8S/c1-9-6-12(15(20)17-8-9)13-7-10(18-19-13)2-3-11-4-5-14(16)21-11;1-5-2-6(9(14)11-4-5)7-3-8(10)13-12-7;1-5-3-4-6(2)7-5/h4-8H,2-3H2,1H3,(H,17,20)(H,18,19);2-4H,1H3,(H,11,14)(H3,10,12,13);3-4H,1-2H3. The van der Waals surface area contributed by atoms with E-state index in [1.165, 1.54) is 14.6 Å². The van der Waals surface area contributed by atoms with Gasteiger partial charge in [0, 0.05) is 38.8 Å². The van der Waals surface area contributed by atoms with Crippen LogP contribution < -0.4 is 16.9 Å². The van der Waals surface area contributed by atoms with E-state index < -0.39 is 0 Å². The Morgan fingerprint density at radius 1 is 0.762 bits per heavy atom. The van der Waals surface area contributed by atoms with Gasteiger partial charge in [-0.05, 0) is 94.1 Å². The molecule has 0 amide bonds. The fourth-order valence-corrected chi connectivity index (χ4v) is 5.84. The predicted octanol–water partition coefficient (Wildman–Crippen LogP) is 6.59. The van der Waals surface area contributed by atoms with Crippen LogP contribution in [0.4, 0.5) is 5.82 Å². The van der Waals surface area contributed by atoms with Crippen molar-refractivity contribution in [1.29, 1.82) is 0 Å². The van der Waals surface area contributed by atoms with Crippen molar-refractivity contribution in [2.24, 2.45) is 0 Å². The van der Waals surface area contributed by atoms with Crippen molar-refractivity contribution in [3.8, 4) is 22.5 Å². The van der Waals surface area contributed by atoms with Crippen molar-refractivity contribution in [3.05, 3.63) is 117 Å². The summed E-state index contributed by atoms with van der Waals surface area (Å²) in [6, 6.07) is 15.4. The summed E-state index contributed by atoms with van der Waals surface area (Å²) in [5.74, 6) is 0.376. The summed E-state index contributed by atoms with van der Waals surface area (Å²) in [5, 5.41) is 13.7. The van der Waals surface area contributed by atoms with Gasteiger partial charge in [0.2, 0.25) is 0 Å². The van der Waals surface area contributed by atoms with E-state index in [9.17, 15) is 9.59 Å². The van der Waals surface area contributed by atoms with Crippen molar-refractivity contribution < 1.29 is 0 Å². The number of nitrogens with two attached hydrogens (primary N) is 1. The zero-order valence-electron chi connectivity index (χ0n) is 23.7. The molecule has 42 heavy (non-hydrogen) atoms. The minimum Gasteiger partial charge on any atom is -0.382 e. The summed E-state index contributed by atoms with van der Waals surface area (Å²) >= 11 is 9.35. The lowest BCUT2D eigenvalue weighted by atomic mass is 10.1. The number of halogens is 1. The van der Waals surface area contributed by atoms with Gasteiger partial charge in [0.25, 0.3) is 11.1 Å². The van der Waals surface area contributed by atoms with Crippen LogP contribution in [0.5, 0.6) is 0 Å². The average molecular weight is 622 g/mol. The second-order valence-corrected chi connectivity index (χ2v) is 13.0. The first-order valence-corrected chi connectivity index (χ1v) is 15.1. The number of rotatable bonds is 5. The van der Waals surface area contributed by atoms with Gasteiger partial charge in [-0.25, -0.2) is 0 Å². The molecule has 0 bridgehead atoms. The lowest BCUT2D eigenvalue weighted by Gasteiger charge is -1.96. The largest absolute Gasteiger partial charge is 0.382 e. The van der Waals surface area contributed by atoms with Crippen LogP contribution in [-0.4, -0.2) is 30.4 Å². The molecule has 0 fully saturated rings. The SMILES string of the molecule is Cc1c[nH]c(=O)c(-c2cc(CCc3ccc(Cl)s3)[nH]n2)c1.Cc1c[nH]c(=O)c(-c2cc(N)n[nH]2)c1.Cc1ccc(C)s1.